The second kappa shape index (κ2) is 3.79. The van der Waals surface area contributed by atoms with Crippen LogP contribution in [0.3, 0.4) is 0 Å². The number of rotatable bonds is 1. The summed E-state index contributed by atoms with van der Waals surface area (Å²) in [6, 6.07) is 3.93. The molecule has 0 radical (unpaired) electrons. The highest BCUT2D eigenvalue weighted by Crippen LogP contribution is 2.37. The molecule has 0 saturated heterocycles. The largest absolute Gasteiger partial charge is 0.319 e. The van der Waals surface area contributed by atoms with Gasteiger partial charge in [0, 0.05) is 6.20 Å². The highest BCUT2D eigenvalue weighted by Gasteiger charge is 2.32. The first-order valence-corrected chi connectivity index (χ1v) is 6.60. The summed E-state index contributed by atoms with van der Waals surface area (Å²) >= 11 is 1.66. The quantitative estimate of drug-likeness (QED) is 0.824. The number of aromatic nitrogens is 2. The van der Waals surface area contributed by atoms with Crippen molar-refractivity contribution in [2.45, 2.75) is 37.6 Å². The predicted molar refractivity (Wildman–Crippen MR) is 66.4 cm³/mol. The highest BCUT2D eigenvalue weighted by molar-refractivity contribution is 7.18. The van der Waals surface area contributed by atoms with Gasteiger partial charge >= 0.3 is 0 Å². The number of fused-ring (bicyclic) bond motifs is 1. The Bertz CT molecular complexity index is 467. The Kier molecular flexibility index (Phi) is 2.41. The van der Waals surface area contributed by atoms with Crippen LogP contribution >= 0.6 is 11.3 Å². The van der Waals surface area contributed by atoms with Crippen LogP contribution in [0.2, 0.25) is 0 Å². The third-order valence-corrected chi connectivity index (χ3v) is 4.54. The lowest BCUT2D eigenvalue weighted by atomic mass is 9.83. The normalized spacial score (nSPS) is 20.1. The molecule has 3 rings (SSSR count). The van der Waals surface area contributed by atoms with Gasteiger partial charge in [0.1, 0.15) is 15.4 Å². The molecule has 4 heteroatoms. The summed E-state index contributed by atoms with van der Waals surface area (Å²) < 4.78 is 0. The fourth-order valence-corrected chi connectivity index (χ4v) is 3.45. The van der Waals surface area contributed by atoms with Crippen LogP contribution in [0.5, 0.6) is 0 Å². The van der Waals surface area contributed by atoms with Crippen molar-refractivity contribution < 1.29 is 0 Å². The average Bonchev–Trinajstić information content (AvgIpc) is 2.74. The summed E-state index contributed by atoms with van der Waals surface area (Å²) in [6.45, 7) is 0. The zero-order valence-corrected chi connectivity index (χ0v) is 9.96. The van der Waals surface area contributed by atoms with E-state index in [0.717, 1.165) is 28.2 Å². The van der Waals surface area contributed by atoms with Crippen LogP contribution < -0.4 is 5.73 Å². The highest BCUT2D eigenvalue weighted by atomic mass is 32.1. The molecular formula is C12H15N3S. The molecule has 2 aromatic rings. The smallest absolute Gasteiger partial charge is 0.143 e. The Labute approximate surface area is 98.7 Å². The van der Waals surface area contributed by atoms with E-state index in [1.165, 1.54) is 19.3 Å². The lowest BCUT2D eigenvalue weighted by molar-refractivity contribution is 0.302. The molecule has 0 bridgehead atoms. The Balaban J connectivity index is 2.04. The fraction of sp³-hybridized carbons (Fsp3) is 0.500. The van der Waals surface area contributed by atoms with Gasteiger partial charge in [0.25, 0.3) is 0 Å². The zero-order chi connectivity index (χ0) is 11.0. The first kappa shape index (κ1) is 10.2. The molecule has 0 atom stereocenters. The first-order valence-electron chi connectivity index (χ1n) is 5.79. The number of thiazole rings is 1. The van der Waals surface area contributed by atoms with E-state index in [0.29, 0.717) is 0 Å². The van der Waals surface area contributed by atoms with E-state index in [1.54, 1.807) is 11.3 Å². The van der Waals surface area contributed by atoms with Crippen molar-refractivity contribution in [1.82, 2.24) is 9.97 Å². The van der Waals surface area contributed by atoms with Crippen molar-refractivity contribution in [2.75, 3.05) is 0 Å². The molecule has 1 aliphatic rings. The van der Waals surface area contributed by atoms with Crippen molar-refractivity contribution >= 4 is 21.7 Å². The van der Waals surface area contributed by atoms with Crippen molar-refractivity contribution in [3.05, 3.63) is 23.3 Å². The van der Waals surface area contributed by atoms with Crippen molar-refractivity contribution in [3.8, 4) is 0 Å². The summed E-state index contributed by atoms with van der Waals surface area (Å²) in [4.78, 5) is 9.97. The summed E-state index contributed by atoms with van der Waals surface area (Å²) in [7, 11) is 0. The van der Waals surface area contributed by atoms with Crippen molar-refractivity contribution in [1.29, 1.82) is 0 Å². The summed E-state index contributed by atoms with van der Waals surface area (Å²) in [5.41, 5.74) is 7.26. The van der Waals surface area contributed by atoms with Gasteiger partial charge in [0.15, 0.2) is 0 Å². The molecule has 1 saturated carbocycles. The summed E-state index contributed by atoms with van der Waals surface area (Å²) in [5.74, 6) is 0. The molecule has 3 nitrogen and oxygen atoms in total. The van der Waals surface area contributed by atoms with Gasteiger partial charge in [-0.2, -0.15) is 0 Å². The number of nitrogens with zero attached hydrogens (tertiary/aromatic N) is 2. The van der Waals surface area contributed by atoms with Gasteiger partial charge in [-0.1, -0.05) is 30.6 Å². The molecule has 0 aliphatic heterocycles. The maximum Gasteiger partial charge on any atom is 0.143 e. The van der Waals surface area contributed by atoms with Crippen LogP contribution in [0, 0.1) is 0 Å². The zero-order valence-electron chi connectivity index (χ0n) is 9.15. The van der Waals surface area contributed by atoms with E-state index in [-0.39, 0.29) is 5.54 Å². The van der Waals surface area contributed by atoms with Crippen LogP contribution in [0.15, 0.2) is 18.3 Å². The molecule has 16 heavy (non-hydrogen) atoms. The van der Waals surface area contributed by atoms with Gasteiger partial charge in [0.05, 0.1) is 5.54 Å². The molecule has 0 aromatic carbocycles. The third kappa shape index (κ3) is 1.62. The summed E-state index contributed by atoms with van der Waals surface area (Å²) in [5, 5.41) is 1.07. The lowest BCUT2D eigenvalue weighted by Gasteiger charge is -2.31. The van der Waals surface area contributed by atoms with Crippen LogP contribution in [0.25, 0.3) is 10.3 Å². The van der Waals surface area contributed by atoms with Crippen LogP contribution in [0.4, 0.5) is 0 Å². The topological polar surface area (TPSA) is 51.8 Å². The van der Waals surface area contributed by atoms with Gasteiger partial charge < -0.3 is 5.73 Å². The molecule has 2 N–H and O–H groups in total. The second-order valence-electron chi connectivity index (χ2n) is 4.56. The van der Waals surface area contributed by atoms with E-state index >= 15 is 0 Å². The molecule has 0 spiro atoms. The van der Waals surface area contributed by atoms with E-state index in [4.69, 9.17) is 5.73 Å². The number of hydrogen-bond acceptors (Lipinski definition) is 4. The van der Waals surface area contributed by atoms with Crippen LogP contribution in [-0.2, 0) is 5.54 Å². The molecule has 0 unspecified atom stereocenters. The minimum absolute atomic E-state index is 0.191. The Morgan fingerprint density at radius 1 is 1.25 bits per heavy atom. The third-order valence-electron chi connectivity index (χ3n) is 3.34. The average molecular weight is 233 g/mol. The number of pyridine rings is 1. The molecular weight excluding hydrogens is 218 g/mol. The summed E-state index contributed by atoms with van der Waals surface area (Å²) in [6.07, 6.45) is 7.69. The van der Waals surface area contributed by atoms with Gasteiger partial charge in [-0.15, -0.1) is 0 Å². The molecule has 1 aliphatic carbocycles. The Morgan fingerprint density at radius 2 is 2.06 bits per heavy atom. The monoisotopic (exact) mass is 233 g/mol. The Hall–Kier alpha value is -1.00. The molecule has 2 heterocycles. The molecule has 2 aromatic heterocycles. The minimum atomic E-state index is -0.191. The van der Waals surface area contributed by atoms with E-state index < -0.39 is 0 Å². The van der Waals surface area contributed by atoms with Gasteiger partial charge in [-0.25, -0.2) is 9.97 Å². The van der Waals surface area contributed by atoms with E-state index in [9.17, 15) is 0 Å². The standard InChI is InChI=1S/C12H15N3S/c13-12(6-2-1-3-7-12)11-15-9-5-4-8-14-10(9)16-11/h4-5,8H,1-3,6-7,13H2. The van der Waals surface area contributed by atoms with Gasteiger partial charge in [-0.3, -0.25) is 0 Å². The van der Waals surface area contributed by atoms with Gasteiger partial charge in [0.2, 0.25) is 0 Å². The number of nitrogens with two attached hydrogens (primary N) is 1. The first-order chi connectivity index (χ1) is 7.78. The van der Waals surface area contributed by atoms with Crippen molar-refractivity contribution in [2.24, 2.45) is 5.73 Å². The molecule has 1 fully saturated rings. The maximum atomic E-state index is 6.46. The van der Waals surface area contributed by atoms with Crippen LogP contribution in [0.1, 0.15) is 37.1 Å². The van der Waals surface area contributed by atoms with Crippen LogP contribution in [-0.4, -0.2) is 9.97 Å². The van der Waals surface area contributed by atoms with Gasteiger partial charge in [-0.05, 0) is 25.0 Å². The lowest BCUT2D eigenvalue weighted by Crippen LogP contribution is -2.38. The van der Waals surface area contributed by atoms with Crippen molar-refractivity contribution in [3.63, 3.8) is 0 Å². The number of hydrogen-bond donors (Lipinski definition) is 1. The van der Waals surface area contributed by atoms with E-state index in [1.807, 2.05) is 18.3 Å². The SMILES string of the molecule is NC1(c2nc3cccnc3s2)CCCCC1. The fourth-order valence-electron chi connectivity index (χ4n) is 2.38. The molecule has 84 valence electrons. The maximum absolute atomic E-state index is 6.46. The minimum Gasteiger partial charge on any atom is -0.319 e. The van der Waals surface area contributed by atoms with E-state index in [2.05, 4.69) is 9.97 Å². The Morgan fingerprint density at radius 3 is 2.81 bits per heavy atom. The predicted octanol–water partition coefficient (Wildman–Crippen LogP) is 2.81. The second-order valence-corrected chi connectivity index (χ2v) is 5.54. The molecule has 0 amide bonds.